The molecule has 2 aliphatic heterocycles. The third-order valence-electron chi connectivity index (χ3n) is 7.12. The number of nitrogens with zero attached hydrogens (tertiary/aromatic N) is 5. The number of carbonyl (C=O) groups excluding carboxylic acids is 1. The molecule has 0 saturated heterocycles. The number of benzene rings is 2. The van der Waals surface area contributed by atoms with Gasteiger partial charge in [-0.2, -0.15) is 0 Å². The molecule has 0 aliphatic carbocycles. The van der Waals surface area contributed by atoms with Gasteiger partial charge in [-0.15, -0.1) is 5.92 Å². The first kappa shape index (κ1) is 22.4. The van der Waals surface area contributed by atoms with E-state index < -0.39 is 5.60 Å². The highest BCUT2D eigenvalue weighted by molar-refractivity contribution is 5.98. The van der Waals surface area contributed by atoms with E-state index in [1.165, 1.54) is 0 Å². The van der Waals surface area contributed by atoms with E-state index in [0.717, 1.165) is 45.5 Å². The zero-order chi connectivity index (χ0) is 25.2. The minimum Gasteiger partial charge on any atom is -0.390 e. The van der Waals surface area contributed by atoms with Gasteiger partial charge in [-0.05, 0) is 50.6 Å². The smallest absolute Gasteiger partial charge is 0.254 e. The van der Waals surface area contributed by atoms with Crippen molar-refractivity contribution in [2.45, 2.75) is 51.3 Å². The van der Waals surface area contributed by atoms with Crippen LogP contribution >= 0.6 is 0 Å². The van der Waals surface area contributed by atoms with E-state index >= 15 is 0 Å². The van der Waals surface area contributed by atoms with Crippen LogP contribution in [-0.2, 0) is 6.42 Å². The first-order valence-corrected chi connectivity index (χ1v) is 12.1. The normalized spacial score (nSPS) is 18.5. The molecule has 0 radical (unpaired) electrons. The molecule has 36 heavy (non-hydrogen) atoms. The van der Waals surface area contributed by atoms with Gasteiger partial charge in [0.1, 0.15) is 11.6 Å². The number of rotatable bonds is 3. The molecular weight excluding hydrogens is 450 g/mol. The molecule has 2 aliphatic rings. The van der Waals surface area contributed by atoms with Gasteiger partial charge in [0.25, 0.3) is 5.91 Å². The average Bonchev–Trinajstić information content (AvgIpc) is 3.36. The Hall–Kier alpha value is -4.02. The molecule has 7 nitrogen and oxygen atoms in total. The van der Waals surface area contributed by atoms with E-state index in [9.17, 15) is 9.90 Å². The maximum absolute atomic E-state index is 13.4. The second-order valence-corrected chi connectivity index (χ2v) is 10.2. The summed E-state index contributed by atoms with van der Waals surface area (Å²) in [6.07, 6.45) is 4.77. The Balaban J connectivity index is 1.50. The van der Waals surface area contributed by atoms with Crippen LogP contribution in [0.1, 0.15) is 72.4 Å². The average molecular weight is 478 g/mol. The summed E-state index contributed by atoms with van der Waals surface area (Å²) in [5.74, 6) is 7.76. The predicted molar refractivity (Wildman–Crippen MR) is 137 cm³/mol. The van der Waals surface area contributed by atoms with Crippen molar-refractivity contribution >= 4 is 16.9 Å². The van der Waals surface area contributed by atoms with Gasteiger partial charge >= 0.3 is 0 Å². The van der Waals surface area contributed by atoms with Gasteiger partial charge < -0.3 is 14.6 Å². The Morgan fingerprint density at radius 3 is 2.61 bits per heavy atom. The van der Waals surface area contributed by atoms with Crippen molar-refractivity contribution in [1.82, 2.24) is 24.4 Å². The Labute approximate surface area is 209 Å². The number of carbonyl (C=O) groups is 1. The number of aliphatic hydroxyl groups is 1. The van der Waals surface area contributed by atoms with Crippen LogP contribution in [0.15, 0.2) is 48.8 Å². The fourth-order valence-corrected chi connectivity index (χ4v) is 5.52. The Kier molecular flexibility index (Phi) is 4.99. The molecule has 4 heterocycles. The third kappa shape index (κ3) is 3.49. The van der Waals surface area contributed by atoms with Gasteiger partial charge in [0.05, 0.1) is 28.7 Å². The highest BCUT2D eigenvalue weighted by Gasteiger charge is 2.44. The summed E-state index contributed by atoms with van der Waals surface area (Å²) in [6, 6.07) is 11.9. The van der Waals surface area contributed by atoms with E-state index in [1.807, 2.05) is 49.2 Å². The third-order valence-corrected chi connectivity index (χ3v) is 7.12. The SMILES string of the molecule is CC#Cc1cccc2c1C1CC(c3nc4ccc(-c5cnc(CC(C)(C)O)nc5)cc4n31)N(C)C2=O. The van der Waals surface area contributed by atoms with Crippen molar-refractivity contribution in [2.24, 2.45) is 0 Å². The number of aromatic nitrogens is 4. The van der Waals surface area contributed by atoms with Crippen LogP contribution in [0.2, 0.25) is 0 Å². The molecule has 7 heteroatoms. The number of fused-ring (bicyclic) bond motifs is 9. The lowest BCUT2D eigenvalue weighted by atomic mass is 9.93. The Morgan fingerprint density at radius 2 is 1.89 bits per heavy atom. The molecule has 0 spiro atoms. The van der Waals surface area contributed by atoms with E-state index in [2.05, 4.69) is 32.4 Å². The van der Waals surface area contributed by atoms with Gasteiger partial charge in [-0.3, -0.25) is 4.79 Å². The van der Waals surface area contributed by atoms with Gasteiger partial charge in [0, 0.05) is 54.5 Å². The number of amides is 1. The summed E-state index contributed by atoms with van der Waals surface area (Å²) >= 11 is 0. The highest BCUT2D eigenvalue weighted by Crippen LogP contribution is 2.48. The van der Waals surface area contributed by atoms with E-state index in [-0.39, 0.29) is 18.0 Å². The molecule has 4 aromatic rings. The zero-order valence-corrected chi connectivity index (χ0v) is 20.8. The molecule has 2 unspecified atom stereocenters. The summed E-state index contributed by atoms with van der Waals surface area (Å²) in [5, 5.41) is 10.1. The molecule has 180 valence electrons. The van der Waals surface area contributed by atoms with E-state index in [1.54, 1.807) is 26.2 Å². The van der Waals surface area contributed by atoms with Crippen LogP contribution in [-0.4, -0.2) is 48.1 Å². The maximum atomic E-state index is 13.4. The first-order valence-electron chi connectivity index (χ1n) is 12.1. The summed E-state index contributed by atoms with van der Waals surface area (Å²) in [6.45, 7) is 5.32. The van der Waals surface area contributed by atoms with Crippen molar-refractivity contribution < 1.29 is 9.90 Å². The van der Waals surface area contributed by atoms with Crippen LogP contribution in [0.25, 0.3) is 22.2 Å². The number of hydrogen-bond acceptors (Lipinski definition) is 5. The minimum absolute atomic E-state index is 0.0135. The molecule has 0 saturated carbocycles. The standard InChI is InChI=1S/C29H27N5O2/c1-5-7-17-8-6-9-20-26(17)23-13-24(33(4)28(20)35)27-32-21-11-10-18(12-22(21)34(23)27)19-15-30-25(31-16-19)14-29(2,3)36/h6,8-12,15-16,23-24,36H,13-14H2,1-4H3. The predicted octanol–water partition coefficient (Wildman–Crippen LogP) is 4.30. The first-order chi connectivity index (χ1) is 17.2. The molecule has 1 amide bonds. The molecule has 2 atom stereocenters. The monoisotopic (exact) mass is 477 g/mol. The maximum Gasteiger partial charge on any atom is 0.254 e. The molecule has 2 aromatic carbocycles. The molecule has 2 bridgehead atoms. The number of imidazole rings is 1. The lowest BCUT2D eigenvalue weighted by Gasteiger charge is -2.24. The van der Waals surface area contributed by atoms with Crippen molar-refractivity contribution in [1.29, 1.82) is 0 Å². The molecular formula is C29H27N5O2. The van der Waals surface area contributed by atoms with E-state index in [4.69, 9.17) is 4.98 Å². The van der Waals surface area contributed by atoms with Crippen LogP contribution < -0.4 is 0 Å². The molecule has 0 fully saturated rings. The van der Waals surface area contributed by atoms with E-state index in [0.29, 0.717) is 17.8 Å². The van der Waals surface area contributed by atoms with Crippen LogP contribution in [0.4, 0.5) is 0 Å². The number of hydrogen-bond donors (Lipinski definition) is 1. The largest absolute Gasteiger partial charge is 0.390 e. The zero-order valence-electron chi connectivity index (χ0n) is 20.8. The van der Waals surface area contributed by atoms with Crippen molar-refractivity contribution in [3.63, 3.8) is 0 Å². The minimum atomic E-state index is -0.860. The van der Waals surface area contributed by atoms with Crippen molar-refractivity contribution in [3.05, 3.63) is 77.1 Å². The quantitative estimate of drug-likeness (QED) is 0.445. The lowest BCUT2D eigenvalue weighted by Crippen LogP contribution is -2.30. The van der Waals surface area contributed by atoms with Gasteiger partial charge in [-0.1, -0.05) is 18.1 Å². The molecule has 6 rings (SSSR count). The molecule has 2 aromatic heterocycles. The summed E-state index contributed by atoms with van der Waals surface area (Å²) in [5.41, 5.74) is 5.53. The van der Waals surface area contributed by atoms with Crippen LogP contribution in [0.3, 0.4) is 0 Å². The molecule has 1 N–H and O–H groups in total. The van der Waals surface area contributed by atoms with Crippen LogP contribution in [0.5, 0.6) is 0 Å². The van der Waals surface area contributed by atoms with Crippen molar-refractivity contribution in [2.75, 3.05) is 7.05 Å². The second kappa shape index (κ2) is 8.00. The summed E-state index contributed by atoms with van der Waals surface area (Å²) in [7, 11) is 1.87. The summed E-state index contributed by atoms with van der Waals surface area (Å²) < 4.78 is 2.29. The van der Waals surface area contributed by atoms with Gasteiger partial charge in [-0.25, -0.2) is 15.0 Å². The van der Waals surface area contributed by atoms with Crippen LogP contribution in [0, 0.1) is 11.8 Å². The Morgan fingerprint density at radius 1 is 1.11 bits per heavy atom. The topological polar surface area (TPSA) is 84.1 Å². The fraction of sp³-hybridized carbons (Fsp3) is 0.310. The van der Waals surface area contributed by atoms with Crippen molar-refractivity contribution in [3.8, 4) is 23.0 Å². The van der Waals surface area contributed by atoms with Gasteiger partial charge in [0.15, 0.2) is 0 Å². The fourth-order valence-electron chi connectivity index (χ4n) is 5.52. The highest BCUT2D eigenvalue weighted by atomic mass is 16.3. The summed E-state index contributed by atoms with van der Waals surface area (Å²) in [4.78, 5) is 29.1. The van der Waals surface area contributed by atoms with Gasteiger partial charge in [0.2, 0.25) is 0 Å². The second-order valence-electron chi connectivity index (χ2n) is 10.2. The lowest BCUT2D eigenvalue weighted by molar-refractivity contribution is 0.0733. The Bertz CT molecular complexity index is 1580.